The molecule has 0 saturated heterocycles. The summed E-state index contributed by atoms with van der Waals surface area (Å²) in [4.78, 5) is 26.0. The first-order valence-corrected chi connectivity index (χ1v) is 6.04. The number of hydrogen-bond acceptors (Lipinski definition) is 5. The first kappa shape index (κ1) is 13.9. The Morgan fingerprint density at radius 3 is 2.88 bits per heavy atom. The summed E-state index contributed by atoms with van der Waals surface area (Å²) >= 11 is 4.41. The van der Waals surface area contributed by atoms with Crippen LogP contribution in [0.5, 0.6) is 0 Å². The van der Waals surface area contributed by atoms with E-state index in [1.165, 1.54) is 24.6 Å². The van der Waals surface area contributed by atoms with Crippen molar-refractivity contribution in [2.75, 3.05) is 19.0 Å². The summed E-state index contributed by atoms with van der Waals surface area (Å²) in [5.74, 6) is -1.16. The van der Waals surface area contributed by atoms with Crippen molar-refractivity contribution in [2.45, 2.75) is 6.04 Å². The fraction of sp³-hybridized carbons (Fsp3) is 0.375. The van der Waals surface area contributed by atoms with Crippen molar-refractivity contribution in [1.29, 1.82) is 0 Å². The predicted octanol–water partition coefficient (Wildman–Crippen LogP) is 1.13. The number of rotatable bonds is 5. The van der Waals surface area contributed by atoms with Crippen LogP contribution in [0.2, 0.25) is 0 Å². The monoisotopic (exact) mass is 323 g/mol. The molecule has 17 heavy (non-hydrogen) atoms. The number of urea groups is 1. The van der Waals surface area contributed by atoms with Gasteiger partial charge in [-0.2, -0.15) is 0 Å². The zero-order valence-corrected chi connectivity index (χ0v) is 11.2. The molecule has 0 spiro atoms. The number of ether oxygens (including phenoxy) is 1. The van der Waals surface area contributed by atoms with Gasteiger partial charge < -0.3 is 15.2 Å². The molecule has 3 N–H and O–H groups in total. The number of nitrogens with one attached hydrogen (secondary N) is 2. The van der Waals surface area contributed by atoms with Crippen LogP contribution in [0, 0.1) is 0 Å². The molecule has 0 bridgehead atoms. The van der Waals surface area contributed by atoms with Gasteiger partial charge in [-0.1, -0.05) is 11.3 Å². The molecule has 0 aromatic carbocycles. The Balaban J connectivity index is 2.50. The van der Waals surface area contributed by atoms with Crippen molar-refractivity contribution in [2.24, 2.45) is 0 Å². The third-order valence-electron chi connectivity index (χ3n) is 1.63. The Hall–Kier alpha value is -1.19. The molecule has 0 radical (unpaired) electrons. The number of amides is 2. The second-order valence-electron chi connectivity index (χ2n) is 2.91. The summed E-state index contributed by atoms with van der Waals surface area (Å²) in [5, 5.41) is 13.8. The van der Waals surface area contributed by atoms with E-state index in [0.29, 0.717) is 5.13 Å². The molecule has 1 rings (SSSR count). The lowest BCUT2D eigenvalue weighted by atomic mass is 10.3. The van der Waals surface area contributed by atoms with Gasteiger partial charge in [-0.05, 0) is 15.9 Å². The van der Waals surface area contributed by atoms with Gasteiger partial charge in [0.1, 0.15) is 0 Å². The zero-order chi connectivity index (χ0) is 12.8. The van der Waals surface area contributed by atoms with Crippen LogP contribution in [0.15, 0.2) is 9.98 Å². The molecule has 1 aromatic rings. The molecule has 0 saturated carbocycles. The van der Waals surface area contributed by atoms with Gasteiger partial charge >= 0.3 is 12.0 Å². The van der Waals surface area contributed by atoms with Crippen LogP contribution in [-0.4, -0.2) is 41.8 Å². The molecule has 1 heterocycles. The number of anilines is 1. The molecular weight excluding hydrogens is 314 g/mol. The van der Waals surface area contributed by atoms with E-state index in [9.17, 15) is 9.59 Å². The molecule has 0 aliphatic carbocycles. The molecule has 0 aliphatic heterocycles. The highest BCUT2D eigenvalue weighted by molar-refractivity contribution is 9.11. The number of aliphatic carboxylic acids is 1. The lowest BCUT2D eigenvalue weighted by Gasteiger charge is -2.13. The molecule has 94 valence electrons. The highest BCUT2D eigenvalue weighted by atomic mass is 79.9. The van der Waals surface area contributed by atoms with E-state index in [-0.39, 0.29) is 6.61 Å². The van der Waals surface area contributed by atoms with Crippen molar-refractivity contribution < 1.29 is 19.4 Å². The van der Waals surface area contributed by atoms with Crippen LogP contribution in [0.4, 0.5) is 9.93 Å². The number of thiazole rings is 1. The Morgan fingerprint density at radius 2 is 2.41 bits per heavy atom. The van der Waals surface area contributed by atoms with E-state index in [2.05, 4.69) is 36.3 Å². The average molecular weight is 324 g/mol. The van der Waals surface area contributed by atoms with E-state index < -0.39 is 18.0 Å². The highest BCUT2D eigenvalue weighted by Crippen LogP contribution is 2.22. The molecule has 0 fully saturated rings. The zero-order valence-electron chi connectivity index (χ0n) is 8.77. The normalized spacial score (nSPS) is 11.9. The smallest absolute Gasteiger partial charge is 0.328 e. The number of halogens is 1. The van der Waals surface area contributed by atoms with Crippen LogP contribution in [0.1, 0.15) is 0 Å². The van der Waals surface area contributed by atoms with Gasteiger partial charge in [-0.15, -0.1) is 0 Å². The van der Waals surface area contributed by atoms with Gasteiger partial charge in [-0.3, -0.25) is 5.32 Å². The standard InChI is InChI=1S/C8H10BrN3O4S/c1-16-3-4(6(13)14)11-7(15)12-8-10-2-5(9)17-8/h2,4H,3H2,1H3,(H,13,14)(H2,10,11,12,15). The second kappa shape index (κ2) is 6.52. The van der Waals surface area contributed by atoms with E-state index in [1.54, 1.807) is 0 Å². The van der Waals surface area contributed by atoms with Crippen molar-refractivity contribution in [1.82, 2.24) is 10.3 Å². The molecule has 1 unspecified atom stereocenters. The summed E-state index contributed by atoms with van der Waals surface area (Å²) in [6, 6.07) is -1.74. The lowest BCUT2D eigenvalue weighted by molar-refractivity contribution is -0.140. The van der Waals surface area contributed by atoms with Gasteiger partial charge in [0.2, 0.25) is 0 Å². The third kappa shape index (κ3) is 4.67. The van der Waals surface area contributed by atoms with E-state index in [0.717, 1.165) is 3.79 Å². The van der Waals surface area contributed by atoms with Gasteiger partial charge in [0.25, 0.3) is 0 Å². The third-order valence-corrected chi connectivity index (χ3v) is 3.03. The van der Waals surface area contributed by atoms with Crippen molar-refractivity contribution in [3.05, 3.63) is 9.98 Å². The molecule has 7 nitrogen and oxygen atoms in total. The average Bonchev–Trinajstić information content (AvgIpc) is 2.63. The minimum Gasteiger partial charge on any atom is -0.480 e. The molecule has 1 aromatic heterocycles. The van der Waals surface area contributed by atoms with Crippen molar-refractivity contribution >= 4 is 44.4 Å². The molecular formula is C8H10BrN3O4S. The molecule has 0 aliphatic rings. The number of carbonyl (C=O) groups excluding carboxylic acids is 1. The van der Waals surface area contributed by atoms with E-state index in [4.69, 9.17) is 5.11 Å². The number of carboxylic acids is 1. The van der Waals surface area contributed by atoms with Crippen molar-refractivity contribution in [3.8, 4) is 0 Å². The van der Waals surface area contributed by atoms with E-state index >= 15 is 0 Å². The van der Waals surface area contributed by atoms with Crippen LogP contribution >= 0.6 is 27.3 Å². The fourth-order valence-corrected chi connectivity index (χ4v) is 2.05. The summed E-state index contributed by atoms with van der Waals surface area (Å²) in [6.07, 6.45) is 1.53. The molecule has 2 amide bonds. The first-order valence-electron chi connectivity index (χ1n) is 4.43. The van der Waals surface area contributed by atoms with Gasteiger partial charge in [-0.25, -0.2) is 14.6 Å². The SMILES string of the molecule is COCC(NC(=O)Nc1ncc(Br)s1)C(=O)O. The number of aromatic nitrogens is 1. The van der Waals surface area contributed by atoms with E-state index in [1.807, 2.05) is 0 Å². The topological polar surface area (TPSA) is 101 Å². The number of nitrogens with zero attached hydrogens (tertiary/aromatic N) is 1. The van der Waals surface area contributed by atoms with Crippen LogP contribution < -0.4 is 10.6 Å². The van der Waals surface area contributed by atoms with Crippen LogP contribution in [-0.2, 0) is 9.53 Å². The van der Waals surface area contributed by atoms with Gasteiger partial charge in [0.15, 0.2) is 11.2 Å². The Labute approximate surface area is 109 Å². The van der Waals surface area contributed by atoms with Gasteiger partial charge in [0, 0.05) is 7.11 Å². The molecule has 1 atom stereocenters. The highest BCUT2D eigenvalue weighted by Gasteiger charge is 2.19. The fourth-order valence-electron chi connectivity index (χ4n) is 0.945. The Bertz CT molecular complexity index is 411. The summed E-state index contributed by atoms with van der Waals surface area (Å²) in [7, 11) is 1.35. The number of methoxy groups -OCH3 is 1. The summed E-state index contributed by atoms with van der Waals surface area (Å²) in [6.45, 7) is -0.107. The maximum atomic E-state index is 11.4. The first-order chi connectivity index (χ1) is 8.02. The summed E-state index contributed by atoms with van der Waals surface area (Å²) < 4.78 is 5.44. The minimum atomic E-state index is -1.16. The number of carboxylic acid groups (broad SMARTS) is 1. The Morgan fingerprint density at radius 1 is 1.71 bits per heavy atom. The number of hydrogen-bond donors (Lipinski definition) is 3. The molecule has 9 heteroatoms. The number of carbonyl (C=O) groups is 2. The minimum absolute atomic E-state index is 0.107. The predicted molar refractivity (Wildman–Crippen MR) is 65.3 cm³/mol. The quantitative estimate of drug-likeness (QED) is 0.754. The maximum absolute atomic E-state index is 11.4. The van der Waals surface area contributed by atoms with Crippen LogP contribution in [0.25, 0.3) is 0 Å². The van der Waals surface area contributed by atoms with Gasteiger partial charge in [0.05, 0.1) is 16.6 Å². The second-order valence-corrected chi connectivity index (χ2v) is 5.32. The largest absolute Gasteiger partial charge is 0.480 e. The summed E-state index contributed by atoms with van der Waals surface area (Å²) in [5.41, 5.74) is 0. The maximum Gasteiger partial charge on any atom is 0.328 e. The van der Waals surface area contributed by atoms with Crippen LogP contribution in [0.3, 0.4) is 0 Å². The lowest BCUT2D eigenvalue weighted by Crippen LogP contribution is -2.45. The Kier molecular flexibility index (Phi) is 5.32. The van der Waals surface area contributed by atoms with Crippen molar-refractivity contribution in [3.63, 3.8) is 0 Å².